The van der Waals surface area contributed by atoms with Crippen molar-refractivity contribution in [2.75, 3.05) is 52.9 Å². The van der Waals surface area contributed by atoms with E-state index in [1.165, 1.54) is 0 Å². The summed E-state index contributed by atoms with van der Waals surface area (Å²) in [6, 6.07) is 28.1. The van der Waals surface area contributed by atoms with E-state index in [1.54, 1.807) is 41.5 Å². The largest absolute Gasteiger partial charge is 0.726 e. The maximum absolute atomic E-state index is 12.1. The van der Waals surface area contributed by atoms with Crippen molar-refractivity contribution in [3.8, 4) is 0 Å². The van der Waals surface area contributed by atoms with Crippen LogP contribution in [0.5, 0.6) is 0 Å². The number of rotatable bonds is 13. The summed E-state index contributed by atoms with van der Waals surface area (Å²) in [6.45, 7) is 36.1. The fraction of sp³-hybridized carbons (Fsp3) is 0.782. The molecule has 3 saturated carbocycles. The highest BCUT2D eigenvalue weighted by atomic mass is 32.3. The molecular formula is C87H124O36S3. The summed E-state index contributed by atoms with van der Waals surface area (Å²) in [5, 5.41) is 0. The van der Waals surface area contributed by atoms with Gasteiger partial charge in [-0.3, -0.25) is 4.18 Å². The van der Waals surface area contributed by atoms with Gasteiger partial charge in [-0.2, -0.15) is 16.8 Å². The molecular weight excluding hydrogens is 1720 g/mol. The predicted octanol–water partition coefficient (Wildman–Crippen LogP) is 9.82. The number of hydrogen-bond acceptors (Lipinski definition) is 36. The van der Waals surface area contributed by atoms with Gasteiger partial charge in [0.1, 0.15) is 110 Å². The average molecular weight is 1840 g/mol. The maximum atomic E-state index is 12.1. The molecule has 17 fully saturated rings. The Balaban J connectivity index is 0.000000121. The van der Waals surface area contributed by atoms with Crippen LogP contribution in [0.4, 0.5) is 0 Å². The Morgan fingerprint density at radius 1 is 0.333 bits per heavy atom. The topological polar surface area (TPSA) is 393 Å². The molecule has 14 saturated heterocycles. The quantitative estimate of drug-likeness (QED) is 0.0872. The van der Waals surface area contributed by atoms with Gasteiger partial charge in [-0.25, -0.2) is 25.2 Å². The second-order valence-corrected chi connectivity index (χ2v) is 42.2. The van der Waals surface area contributed by atoms with Gasteiger partial charge >= 0.3 is 20.8 Å². The third kappa shape index (κ3) is 22.9. The van der Waals surface area contributed by atoms with Crippen molar-refractivity contribution in [2.45, 2.75) is 362 Å². The number of ether oxygens (including phenoxy) is 24. The summed E-state index contributed by atoms with van der Waals surface area (Å²) >= 11 is 0. The van der Waals surface area contributed by atoms with Gasteiger partial charge in [0, 0.05) is 28.5 Å². The van der Waals surface area contributed by atoms with Gasteiger partial charge < -0.3 is 118 Å². The normalized spacial score (nSPS) is 42.1. The van der Waals surface area contributed by atoms with E-state index in [1.807, 2.05) is 174 Å². The molecule has 14 aliphatic heterocycles. The second kappa shape index (κ2) is 36.4. The van der Waals surface area contributed by atoms with E-state index in [0.717, 1.165) is 48.3 Å². The van der Waals surface area contributed by atoms with Crippen molar-refractivity contribution >= 4 is 31.2 Å². The average Bonchev–Trinajstić information content (AvgIpc) is 1.27. The minimum absolute atomic E-state index is 0.118. The van der Waals surface area contributed by atoms with Crippen LogP contribution >= 0.6 is 0 Å². The first-order chi connectivity index (χ1) is 59.0. The van der Waals surface area contributed by atoms with E-state index in [-0.39, 0.29) is 100 Å². The third-order valence-electron chi connectivity index (χ3n) is 24.9. The highest BCUT2D eigenvalue weighted by Gasteiger charge is 2.67. The van der Waals surface area contributed by atoms with E-state index < -0.39 is 175 Å². The van der Waals surface area contributed by atoms with E-state index in [9.17, 15) is 29.8 Å². The molecule has 0 bridgehead atoms. The molecule has 0 spiro atoms. The minimum Gasteiger partial charge on any atom is -0.726 e. The van der Waals surface area contributed by atoms with Crippen molar-refractivity contribution in [2.24, 2.45) is 17.8 Å². The zero-order valence-electron chi connectivity index (χ0n) is 74.6. The molecule has 0 aromatic heterocycles. The summed E-state index contributed by atoms with van der Waals surface area (Å²) in [6.07, 6.45) is -5.96. The van der Waals surface area contributed by atoms with E-state index in [4.69, 9.17) is 135 Å². The van der Waals surface area contributed by atoms with Gasteiger partial charge in [-0.15, -0.1) is 0 Å². The van der Waals surface area contributed by atoms with Crippen molar-refractivity contribution in [3.63, 3.8) is 0 Å². The van der Waals surface area contributed by atoms with Crippen LogP contribution in [-0.2, 0) is 166 Å². The van der Waals surface area contributed by atoms with Gasteiger partial charge in [-0.1, -0.05) is 91.0 Å². The van der Waals surface area contributed by atoms with Gasteiger partial charge in [0.15, 0.2) is 76.9 Å². The Kier molecular flexibility index (Phi) is 27.6. The fourth-order valence-electron chi connectivity index (χ4n) is 19.9. The lowest BCUT2D eigenvalue weighted by Crippen LogP contribution is -2.58. The lowest BCUT2D eigenvalue weighted by molar-refractivity contribution is -0.313. The number of hydrogen-bond donors (Lipinski definition) is 0. The molecule has 4 unspecified atom stereocenters. The second-order valence-electron chi connectivity index (χ2n) is 38.7. The molecule has 0 radical (unpaired) electrons. The summed E-state index contributed by atoms with van der Waals surface area (Å²) in [5.41, 5.74) is 2.36. The molecule has 36 nitrogen and oxygen atoms in total. The summed E-state index contributed by atoms with van der Waals surface area (Å²) in [4.78, 5) is 0. The summed E-state index contributed by atoms with van der Waals surface area (Å²) in [5.74, 6) is -4.20. The first-order valence-electron chi connectivity index (χ1n) is 43.7. The van der Waals surface area contributed by atoms with Crippen LogP contribution in [0.3, 0.4) is 0 Å². The molecule has 126 heavy (non-hydrogen) atoms. The highest BCUT2D eigenvalue weighted by Crippen LogP contribution is 2.54. The molecule has 17 aliphatic rings. The van der Waals surface area contributed by atoms with Crippen molar-refractivity contribution in [1.29, 1.82) is 0 Å². The van der Waals surface area contributed by atoms with Gasteiger partial charge in [0.05, 0.1) is 89.5 Å². The smallest absolute Gasteiger partial charge is 0.400 e. The first kappa shape index (κ1) is 95.3. The van der Waals surface area contributed by atoms with Gasteiger partial charge in [0.2, 0.25) is 10.4 Å². The predicted molar refractivity (Wildman–Crippen MR) is 433 cm³/mol. The zero-order valence-corrected chi connectivity index (χ0v) is 77.0. The molecule has 14 heterocycles. The molecule has 3 aromatic rings. The lowest BCUT2D eigenvalue weighted by atomic mass is 9.83. The molecule has 20 rings (SSSR count). The highest BCUT2D eigenvalue weighted by molar-refractivity contribution is 7.82. The van der Waals surface area contributed by atoms with Crippen molar-refractivity contribution in [3.05, 3.63) is 114 Å². The van der Waals surface area contributed by atoms with Gasteiger partial charge in [0.25, 0.3) is 0 Å². The van der Waals surface area contributed by atoms with Crippen LogP contribution < -0.4 is 0 Å². The van der Waals surface area contributed by atoms with Crippen LogP contribution in [0.1, 0.15) is 199 Å². The molecule has 706 valence electrons. The first-order valence-corrected chi connectivity index (χ1v) is 47.7. The Morgan fingerprint density at radius 2 is 0.651 bits per heavy atom. The van der Waals surface area contributed by atoms with Crippen LogP contribution in [0.15, 0.2) is 91.0 Å². The Labute approximate surface area is 738 Å². The van der Waals surface area contributed by atoms with Crippen molar-refractivity contribution in [1.82, 2.24) is 0 Å². The molecule has 0 N–H and O–H groups in total. The summed E-state index contributed by atoms with van der Waals surface area (Å²) in [7, 11) is -13.3. The van der Waals surface area contributed by atoms with E-state index in [2.05, 4.69) is 0 Å². The van der Waals surface area contributed by atoms with Crippen molar-refractivity contribution < 1.29 is 164 Å². The Morgan fingerprint density at radius 3 is 1.01 bits per heavy atom. The van der Waals surface area contributed by atoms with E-state index >= 15 is 0 Å². The van der Waals surface area contributed by atoms with Gasteiger partial charge in [-0.05, 0) is 150 Å². The molecule has 27 atom stereocenters. The lowest BCUT2D eigenvalue weighted by Gasteiger charge is -2.44. The molecule has 0 amide bonds. The molecule has 39 heteroatoms. The van der Waals surface area contributed by atoms with Crippen LogP contribution in [0.2, 0.25) is 0 Å². The number of benzene rings is 3. The van der Waals surface area contributed by atoms with Crippen LogP contribution in [-0.4, -0.2) is 263 Å². The zero-order chi connectivity index (χ0) is 89.9. The minimum atomic E-state index is -5.15. The van der Waals surface area contributed by atoms with Crippen LogP contribution in [0, 0.1) is 23.7 Å². The SMILES string of the molecule is CC1(C)OC[C@@H]([C@@H]2CC[C@H]3OC(C)(C)O[C@@H]23)O1.CC1(C)OC[C@H]([C@H]2OC(c3ccccc3)O[C@H]3COS(=O)(=O)O[C@@H]23)O1.CC1(C)OC[C@H]([C@H]2OC(c3ccccc3)O[C@H]3COS(=O)(=O)O[C@@H]23)O1.CC1(C)O[C@@H]2[C@@H]([C@H]3COC(C)(C)O3)CC[C@@H]2O1.CC1(C)O[C@@H]2[C@@H]([C@H]3COC(C)(C)O3)[C+](C[C@@H]3OC(c4ccccc4)O[C@H]([C@H]4COC(C)(C)O4)C3OS(=O)(=O)[O-])C[C@@H]2O1. The number of fused-ring (bicyclic) bond motifs is 5. The van der Waals surface area contributed by atoms with E-state index in [0.29, 0.717) is 38.1 Å². The Hall–Kier alpha value is -3.82. The van der Waals surface area contributed by atoms with Crippen LogP contribution in [0.25, 0.3) is 0 Å². The standard InChI is InChI=1S/C29H40O12S.2C16H20O8S.2C13H22O4/c1-27(2)33-14-20(38-27)22-17(13-19-23(22)40-29(5,6)37-19)12-18-25(41-42(30,31)32)24(21-15-34-28(3,4)39-21)36-26(35-18)16-10-8-7-9-11-16;2*1-16(2)19-8-12(23-16)13-14-11(9-20-25(17,18)24-14)21-15(22-13)10-6-4-3-5-7-10;2*1-12(2)14-7-10(16-12)8-5-6-9-11(8)17-13(3,4)15-9/h7-11,18-26H,12-15H2,1-6H3;2*3-7,11-15H,8-9H2,1-2H3;2*8-11H,5-7H2,1-4H3/t18-,19-,20+,21+,22+,23-,24+,25?,26?;2*11-,12+,13+,14+,15?;2*8-,9+,10-,11-/m00010/s1. The molecule has 3 aliphatic carbocycles. The summed E-state index contributed by atoms with van der Waals surface area (Å²) < 4.78 is 251. The maximum Gasteiger partial charge on any atom is 0.400 e. The Bertz CT molecular complexity index is 4340. The third-order valence-corrected chi connectivity index (χ3v) is 27.2. The monoisotopic (exact) mass is 1840 g/mol. The molecule has 3 aromatic carbocycles. The fourth-order valence-corrected chi connectivity index (χ4v) is 22.1.